The topological polar surface area (TPSA) is 59.7 Å². The van der Waals surface area contributed by atoms with Gasteiger partial charge in [-0.1, -0.05) is 18.2 Å². The predicted molar refractivity (Wildman–Crippen MR) is 80.8 cm³/mol. The van der Waals surface area contributed by atoms with Crippen molar-refractivity contribution < 1.29 is 9.84 Å². The fraction of sp³-hybridized carbons (Fsp3) is 0.562. The molecule has 5 heteroatoms. The first-order valence-electron chi connectivity index (χ1n) is 7.45. The number of hydrogen-bond acceptors (Lipinski definition) is 5. The number of morpholine rings is 1. The Hall–Kier alpha value is -1.45. The van der Waals surface area contributed by atoms with E-state index in [0.29, 0.717) is 18.7 Å². The van der Waals surface area contributed by atoms with Crippen LogP contribution < -0.4 is 0 Å². The summed E-state index contributed by atoms with van der Waals surface area (Å²) in [7, 11) is 0. The summed E-state index contributed by atoms with van der Waals surface area (Å²) in [5.41, 5.74) is 1.74. The Labute approximate surface area is 126 Å². The SMILES string of the molecule is N#Cc1ccccc1CN(CCO)CCN1CCOCC1. The Morgan fingerprint density at radius 2 is 2.00 bits per heavy atom. The minimum atomic E-state index is 0.137. The number of aliphatic hydroxyl groups excluding tert-OH is 1. The second-order valence-corrected chi connectivity index (χ2v) is 5.22. The van der Waals surface area contributed by atoms with Gasteiger partial charge >= 0.3 is 0 Å². The molecular formula is C16H23N3O2. The van der Waals surface area contributed by atoms with Gasteiger partial charge in [0.1, 0.15) is 0 Å². The van der Waals surface area contributed by atoms with Crippen LogP contribution >= 0.6 is 0 Å². The number of nitrogens with zero attached hydrogens (tertiary/aromatic N) is 3. The first kappa shape index (κ1) is 15.9. The van der Waals surface area contributed by atoms with Gasteiger partial charge in [0, 0.05) is 39.3 Å². The van der Waals surface area contributed by atoms with E-state index in [0.717, 1.165) is 45.0 Å². The van der Waals surface area contributed by atoms with Gasteiger partial charge in [-0.25, -0.2) is 0 Å². The minimum absolute atomic E-state index is 0.137. The highest BCUT2D eigenvalue weighted by Crippen LogP contribution is 2.11. The number of hydrogen-bond donors (Lipinski definition) is 1. The molecule has 0 bridgehead atoms. The lowest BCUT2D eigenvalue weighted by Gasteiger charge is -2.30. The fourth-order valence-corrected chi connectivity index (χ4v) is 2.53. The van der Waals surface area contributed by atoms with Crippen LogP contribution in [0.5, 0.6) is 0 Å². The van der Waals surface area contributed by atoms with Crippen molar-refractivity contribution in [2.24, 2.45) is 0 Å². The van der Waals surface area contributed by atoms with Gasteiger partial charge in [0.2, 0.25) is 0 Å². The lowest BCUT2D eigenvalue weighted by atomic mass is 10.1. The minimum Gasteiger partial charge on any atom is -0.395 e. The van der Waals surface area contributed by atoms with Crippen molar-refractivity contribution in [3.05, 3.63) is 35.4 Å². The van der Waals surface area contributed by atoms with Gasteiger partial charge in [0.05, 0.1) is 31.5 Å². The third kappa shape index (κ3) is 5.10. The summed E-state index contributed by atoms with van der Waals surface area (Å²) >= 11 is 0. The van der Waals surface area contributed by atoms with Gasteiger partial charge in [-0.15, -0.1) is 0 Å². The molecule has 0 spiro atoms. The van der Waals surface area contributed by atoms with Gasteiger partial charge in [-0.2, -0.15) is 5.26 Å². The van der Waals surface area contributed by atoms with Gasteiger partial charge < -0.3 is 9.84 Å². The van der Waals surface area contributed by atoms with Gasteiger partial charge in [-0.05, 0) is 11.6 Å². The number of benzene rings is 1. The van der Waals surface area contributed by atoms with Crippen LogP contribution in [0.3, 0.4) is 0 Å². The molecule has 0 amide bonds. The van der Waals surface area contributed by atoms with Crippen LogP contribution in [0.1, 0.15) is 11.1 Å². The fourth-order valence-electron chi connectivity index (χ4n) is 2.53. The molecule has 1 aliphatic heterocycles. The van der Waals surface area contributed by atoms with Crippen molar-refractivity contribution in [2.75, 3.05) is 52.5 Å². The van der Waals surface area contributed by atoms with E-state index in [2.05, 4.69) is 15.9 Å². The van der Waals surface area contributed by atoms with Crippen molar-refractivity contribution in [1.29, 1.82) is 5.26 Å². The molecule has 1 aliphatic rings. The van der Waals surface area contributed by atoms with E-state index >= 15 is 0 Å². The lowest BCUT2D eigenvalue weighted by molar-refractivity contribution is 0.0320. The molecule has 0 aromatic heterocycles. The molecule has 1 heterocycles. The molecule has 1 N–H and O–H groups in total. The summed E-state index contributed by atoms with van der Waals surface area (Å²) in [6.07, 6.45) is 0. The largest absolute Gasteiger partial charge is 0.395 e. The number of aliphatic hydroxyl groups is 1. The van der Waals surface area contributed by atoms with Crippen molar-refractivity contribution in [3.63, 3.8) is 0 Å². The molecule has 2 rings (SSSR count). The van der Waals surface area contributed by atoms with E-state index in [1.54, 1.807) is 0 Å². The van der Waals surface area contributed by atoms with Crippen LogP contribution in [0.2, 0.25) is 0 Å². The number of rotatable bonds is 7. The second-order valence-electron chi connectivity index (χ2n) is 5.22. The van der Waals surface area contributed by atoms with E-state index in [9.17, 15) is 5.11 Å². The Balaban J connectivity index is 1.90. The predicted octanol–water partition coefficient (Wildman–Crippen LogP) is 0.685. The maximum absolute atomic E-state index is 9.24. The molecule has 1 saturated heterocycles. The normalized spacial score (nSPS) is 16.0. The molecule has 5 nitrogen and oxygen atoms in total. The van der Waals surface area contributed by atoms with Crippen molar-refractivity contribution in [2.45, 2.75) is 6.54 Å². The van der Waals surface area contributed by atoms with Gasteiger partial charge in [0.15, 0.2) is 0 Å². The highest BCUT2D eigenvalue weighted by Gasteiger charge is 2.13. The average molecular weight is 289 g/mol. The van der Waals surface area contributed by atoms with E-state index in [1.807, 2.05) is 24.3 Å². The number of nitriles is 1. The zero-order valence-corrected chi connectivity index (χ0v) is 12.4. The van der Waals surface area contributed by atoms with Crippen molar-refractivity contribution in [1.82, 2.24) is 9.80 Å². The molecule has 0 saturated carbocycles. The Morgan fingerprint density at radius 3 is 2.71 bits per heavy atom. The Bertz CT molecular complexity index is 467. The molecule has 0 unspecified atom stereocenters. The van der Waals surface area contributed by atoms with E-state index in [1.165, 1.54) is 0 Å². The Morgan fingerprint density at radius 1 is 1.24 bits per heavy atom. The molecule has 1 aromatic rings. The number of ether oxygens (including phenoxy) is 1. The summed E-state index contributed by atoms with van der Waals surface area (Å²) < 4.78 is 5.35. The van der Waals surface area contributed by atoms with Crippen LogP contribution in [0.25, 0.3) is 0 Å². The molecule has 0 radical (unpaired) electrons. The molecule has 114 valence electrons. The summed E-state index contributed by atoms with van der Waals surface area (Å²) in [6.45, 7) is 6.88. The first-order chi connectivity index (χ1) is 10.3. The van der Waals surface area contributed by atoms with Crippen LogP contribution in [0, 0.1) is 11.3 Å². The van der Waals surface area contributed by atoms with Gasteiger partial charge in [0.25, 0.3) is 0 Å². The third-order valence-corrected chi connectivity index (χ3v) is 3.78. The zero-order valence-electron chi connectivity index (χ0n) is 12.4. The quantitative estimate of drug-likeness (QED) is 0.800. The first-order valence-corrected chi connectivity index (χ1v) is 7.45. The van der Waals surface area contributed by atoms with Gasteiger partial charge in [-0.3, -0.25) is 9.80 Å². The highest BCUT2D eigenvalue weighted by atomic mass is 16.5. The maximum Gasteiger partial charge on any atom is 0.0995 e. The van der Waals surface area contributed by atoms with Crippen LogP contribution in [0.4, 0.5) is 0 Å². The molecule has 0 atom stereocenters. The van der Waals surface area contributed by atoms with Crippen LogP contribution in [-0.2, 0) is 11.3 Å². The van der Waals surface area contributed by atoms with E-state index in [-0.39, 0.29) is 6.61 Å². The summed E-state index contributed by atoms with van der Waals surface area (Å²) in [4.78, 5) is 4.58. The molecular weight excluding hydrogens is 266 g/mol. The summed E-state index contributed by atoms with van der Waals surface area (Å²) in [5.74, 6) is 0. The molecule has 0 aliphatic carbocycles. The average Bonchev–Trinajstić information content (AvgIpc) is 2.54. The highest BCUT2D eigenvalue weighted by molar-refractivity contribution is 5.37. The monoisotopic (exact) mass is 289 g/mol. The van der Waals surface area contributed by atoms with E-state index in [4.69, 9.17) is 10.00 Å². The smallest absolute Gasteiger partial charge is 0.0995 e. The molecule has 1 aromatic carbocycles. The second kappa shape index (κ2) is 8.75. The van der Waals surface area contributed by atoms with Crippen LogP contribution in [0.15, 0.2) is 24.3 Å². The maximum atomic E-state index is 9.24. The van der Waals surface area contributed by atoms with Crippen LogP contribution in [-0.4, -0.2) is 67.5 Å². The summed E-state index contributed by atoms with van der Waals surface area (Å²) in [5, 5.41) is 18.4. The molecule has 1 fully saturated rings. The standard InChI is InChI=1S/C16H23N3O2/c17-13-15-3-1-2-4-16(15)14-19(7-10-20)6-5-18-8-11-21-12-9-18/h1-4,20H,5-12,14H2. The lowest BCUT2D eigenvalue weighted by Crippen LogP contribution is -2.41. The third-order valence-electron chi connectivity index (χ3n) is 3.78. The van der Waals surface area contributed by atoms with Crippen molar-refractivity contribution in [3.8, 4) is 6.07 Å². The van der Waals surface area contributed by atoms with E-state index < -0.39 is 0 Å². The molecule has 21 heavy (non-hydrogen) atoms. The zero-order chi connectivity index (χ0) is 14.9. The van der Waals surface area contributed by atoms with Crippen molar-refractivity contribution >= 4 is 0 Å². The Kier molecular flexibility index (Phi) is 6.64. The summed E-state index contributed by atoms with van der Waals surface area (Å²) in [6, 6.07) is 9.89.